The average molecular weight is 424 g/mol. The van der Waals surface area contributed by atoms with Crippen molar-refractivity contribution in [2.24, 2.45) is 0 Å². The number of aliphatic carboxylic acids is 2. The molecule has 3 rings (SSSR count). The van der Waals surface area contributed by atoms with Crippen LogP contribution in [-0.4, -0.2) is 69.7 Å². The van der Waals surface area contributed by atoms with Gasteiger partial charge in [-0.2, -0.15) is 0 Å². The van der Waals surface area contributed by atoms with Gasteiger partial charge in [0, 0.05) is 59.9 Å². The first-order valence-corrected chi connectivity index (χ1v) is 9.31. The maximum absolute atomic E-state index is 12.1. The fourth-order valence-corrected chi connectivity index (χ4v) is 3.83. The van der Waals surface area contributed by atoms with Crippen LogP contribution < -0.4 is 0 Å². The van der Waals surface area contributed by atoms with Gasteiger partial charge in [-0.3, -0.25) is 14.5 Å². The van der Waals surface area contributed by atoms with Crippen LogP contribution >= 0.6 is 15.9 Å². The lowest BCUT2D eigenvalue weighted by Gasteiger charge is -2.36. The highest BCUT2D eigenvalue weighted by atomic mass is 79.9. The van der Waals surface area contributed by atoms with Gasteiger partial charge in [-0.25, -0.2) is 0 Å². The van der Waals surface area contributed by atoms with Crippen molar-refractivity contribution in [2.75, 3.05) is 33.2 Å². The highest BCUT2D eigenvalue weighted by Gasteiger charge is 2.32. The molecule has 0 aliphatic carbocycles. The first-order valence-electron chi connectivity index (χ1n) is 8.52. The van der Waals surface area contributed by atoms with Crippen molar-refractivity contribution in [1.29, 1.82) is 0 Å². The van der Waals surface area contributed by atoms with Crippen molar-refractivity contribution in [3.05, 3.63) is 34.4 Å². The Morgan fingerprint density at radius 1 is 1.19 bits per heavy atom. The summed E-state index contributed by atoms with van der Waals surface area (Å²) in [6.07, 6.45) is 1.79. The van der Waals surface area contributed by atoms with E-state index in [9.17, 15) is 14.7 Å². The van der Waals surface area contributed by atoms with Crippen molar-refractivity contribution in [2.45, 2.75) is 19.0 Å². The van der Waals surface area contributed by atoms with Crippen LogP contribution in [0.2, 0.25) is 0 Å². The number of carbonyl (C=O) groups is 2. The molecule has 0 spiro atoms. The standard InChI is InChI=1S/C18H22BrN3O4/c1-20-6-8-21(9-7-20)17(18(25)26)14-11-22(5-4-16(23)24)15-10-12(19)2-3-13(14)15/h2-3,10-11,17H,4-9H2,1H3,(H,23,24)(H,25,26)/t17-/m1/s1. The van der Waals surface area contributed by atoms with Gasteiger partial charge in [0.15, 0.2) is 0 Å². The van der Waals surface area contributed by atoms with E-state index >= 15 is 0 Å². The van der Waals surface area contributed by atoms with Crippen molar-refractivity contribution in [1.82, 2.24) is 14.4 Å². The van der Waals surface area contributed by atoms with E-state index in [1.807, 2.05) is 34.7 Å². The Labute approximate surface area is 159 Å². The maximum Gasteiger partial charge on any atom is 0.325 e. The predicted molar refractivity (Wildman–Crippen MR) is 101 cm³/mol. The zero-order valence-electron chi connectivity index (χ0n) is 14.6. The third-order valence-corrected chi connectivity index (χ3v) is 5.37. The SMILES string of the molecule is CN1CCN([C@@H](C(=O)O)c2cn(CCC(=O)O)c3cc(Br)ccc23)CC1. The number of carboxylic acid groups (broad SMARTS) is 2. The number of likely N-dealkylation sites (N-methyl/N-ethyl adjacent to an activating group) is 1. The normalized spacial score (nSPS) is 17.5. The van der Waals surface area contributed by atoms with E-state index in [1.54, 1.807) is 6.20 Å². The van der Waals surface area contributed by atoms with E-state index < -0.39 is 18.0 Å². The molecule has 2 heterocycles. The van der Waals surface area contributed by atoms with Gasteiger partial charge in [0.25, 0.3) is 0 Å². The van der Waals surface area contributed by atoms with E-state index in [-0.39, 0.29) is 6.42 Å². The molecular formula is C18H22BrN3O4. The quantitative estimate of drug-likeness (QED) is 0.740. The van der Waals surface area contributed by atoms with Crippen LogP contribution in [0.15, 0.2) is 28.9 Å². The summed E-state index contributed by atoms with van der Waals surface area (Å²) < 4.78 is 2.72. The molecule has 1 aliphatic heterocycles. The summed E-state index contributed by atoms with van der Waals surface area (Å²) in [5.74, 6) is -1.76. The fourth-order valence-electron chi connectivity index (χ4n) is 3.48. The Bertz CT molecular complexity index is 827. The van der Waals surface area contributed by atoms with Crippen molar-refractivity contribution < 1.29 is 19.8 Å². The van der Waals surface area contributed by atoms with Crippen LogP contribution in [0.1, 0.15) is 18.0 Å². The van der Waals surface area contributed by atoms with Gasteiger partial charge in [0.2, 0.25) is 0 Å². The Balaban J connectivity index is 2.03. The second-order valence-corrected chi connectivity index (χ2v) is 7.58. The number of nitrogens with zero attached hydrogens (tertiary/aromatic N) is 3. The minimum absolute atomic E-state index is 0.0119. The Morgan fingerprint density at radius 3 is 2.50 bits per heavy atom. The van der Waals surface area contributed by atoms with Crippen LogP contribution in [-0.2, 0) is 16.1 Å². The maximum atomic E-state index is 12.1. The summed E-state index contributed by atoms with van der Waals surface area (Å²) in [6.45, 7) is 3.33. The van der Waals surface area contributed by atoms with Gasteiger partial charge >= 0.3 is 11.9 Å². The molecule has 0 radical (unpaired) electrons. The van der Waals surface area contributed by atoms with E-state index in [1.165, 1.54) is 0 Å². The van der Waals surface area contributed by atoms with Crippen molar-refractivity contribution in [3.63, 3.8) is 0 Å². The Morgan fingerprint density at radius 2 is 1.88 bits per heavy atom. The van der Waals surface area contributed by atoms with Crippen LogP contribution in [0.5, 0.6) is 0 Å². The van der Waals surface area contributed by atoms with Crippen LogP contribution in [0.4, 0.5) is 0 Å². The molecule has 8 heteroatoms. The average Bonchev–Trinajstić information content (AvgIpc) is 2.92. The first kappa shape index (κ1) is 18.9. The predicted octanol–water partition coefficient (Wildman–Crippen LogP) is 2.25. The number of carboxylic acids is 2. The molecule has 0 bridgehead atoms. The summed E-state index contributed by atoms with van der Waals surface area (Å²) in [5, 5.41) is 19.8. The van der Waals surface area contributed by atoms with E-state index in [0.29, 0.717) is 19.6 Å². The van der Waals surface area contributed by atoms with Crippen molar-refractivity contribution >= 4 is 38.8 Å². The molecular weight excluding hydrogens is 402 g/mol. The molecule has 1 aromatic heterocycles. The van der Waals surface area contributed by atoms with Crippen LogP contribution in [0.25, 0.3) is 10.9 Å². The monoisotopic (exact) mass is 423 g/mol. The van der Waals surface area contributed by atoms with Crippen molar-refractivity contribution in [3.8, 4) is 0 Å². The second-order valence-electron chi connectivity index (χ2n) is 6.66. The summed E-state index contributed by atoms with van der Waals surface area (Å²) in [4.78, 5) is 27.2. The Hall–Kier alpha value is -1.90. The van der Waals surface area contributed by atoms with E-state index in [2.05, 4.69) is 20.8 Å². The highest BCUT2D eigenvalue weighted by Crippen LogP contribution is 2.33. The number of rotatable bonds is 6. The lowest BCUT2D eigenvalue weighted by molar-refractivity contribution is -0.144. The second kappa shape index (κ2) is 7.77. The fraction of sp³-hybridized carbons (Fsp3) is 0.444. The van der Waals surface area contributed by atoms with E-state index in [4.69, 9.17) is 5.11 Å². The minimum atomic E-state index is -0.880. The lowest BCUT2D eigenvalue weighted by atomic mass is 10.0. The molecule has 1 aromatic carbocycles. The third-order valence-electron chi connectivity index (χ3n) is 4.87. The summed E-state index contributed by atoms with van der Waals surface area (Å²) in [7, 11) is 2.03. The van der Waals surface area contributed by atoms with E-state index in [0.717, 1.165) is 34.0 Å². The lowest BCUT2D eigenvalue weighted by Crippen LogP contribution is -2.47. The molecule has 1 atom stereocenters. The number of aryl methyl sites for hydroxylation is 1. The van der Waals surface area contributed by atoms with Gasteiger partial charge in [0.1, 0.15) is 6.04 Å². The summed E-state index contributed by atoms with van der Waals surface area (Å²) in [6, 6.07) is 4.95. The van der Waals surface area contributed by atoms with Crippen LogP contribution in [0.3, 0.4) is 0 Å². The van der Waals surface area contributed by atoms with Gasteiger partial charge in [-0.15, -0.1) is 0 Å². The number of piperazine rings is 1. The Kier molecular flexibility index (Phi) is 5.64. The molecule has 2 N–H and O–H groups in total. The largest absolute Gasteiger partial charge is 0.481 e. The molecule has 140 valence electrons. The molecule has 1 saturated heterocycles. The van der Waals surface area contributed by atoms with Gasteiger partial charge in [-0.05, 0) is 19.2 Å². The molecule has 1 aliphatic rings. The van der Waals surface area contributed by atoms with Crippen LogP contribution in [0, 0.1) is 0 Å². The highest BCUT2D eigenvalue weighted by molar-refractivity contribution is 9.10. The van der Waals surface area contributed by atoms with Gasteiger partial charge in [0.05, 0.1) is 6.42 Å². The number of hydrogen-bond donors (Lipinski definition) is 2. The van der Waals surface area contributed by atoms with Gasteiger partial charge < -0.3 is 19.7 Å². The summed E-state index contributed by atoms with van der Waals surface area (Å²) in [5.41, 5.74) is 1.56. The zero-order chi connectivity index (χ0) is 18.8. The molecule has 7 nitrogen and oxygen atoms in total. The van der Waals surface area contributed by atoms with Gasteiger partial charge in [-0.1, -0.05) is 22.0 Å². The molecule has 0 saturated carbocycles. The number of aromatic nitrogens is 1. The number of fused-ring (bicyclic) bond motifs is 1. The summed E-state index contributed by atoms with van der Waals surface area (Å²) >= 11 is 3.44. The topological polar surface area (TPSA) is 86.0 Å². The first-order chi connectivity index (χ1) is 12.4. The molecule has 2 aromatic rings. The third kappa shape index (κ3) is 3.92. The zero-order valence-corrected chi connectivity index (χ0v) is 16.1. The molecule has 26 heavy (non-hydrogen) atoms. The number of hydrogen-bond acceptors (Lipinski definition) is 4. The minimum Gasteiger partial charge on any atom is -0.481 e. The number of benzene rings is 1. The molecule has 0 amide bonds. The smallest absolute Gasteiger partial charge is 0.325 e. The molecule has 1 fully saturated rings. The number of halogens is 1. The molecule has 0 unspecified atom stereocenters.